The number of rotatable bonds is 5. The quantitative estimate of drug-likeness (QED) is 0.918. The molecule has 0 unspecified atom stereocenters. The summed E-state index contributed by atoms with van der Waals surface area (Å²) in [5.41, 5.74) is 1.82. The summed E-state index contributed by atoms with van der Waals surface area (Å²) in [5.74, 6) is 0. The first-order valence-corrected chi connectivity index (χ1v) is 8.78. The van der Waals surface area contributed by atoms with Crippen LogP contribution in [0.15, 0.2) is 24.5 Å². The Morgan fingerprint density at radius 2 is 2.25 bits per heavy atom. The Morgan fingerprint density at radius 1 is 1.45 bits per heavy atom. The molecule has 0 bridgehead atoms. The number of nitrogens with one attached hydrogen (secondary N) is 1. The average molecular weight is 309 g/mol. The average Bonchev–Trinajstić information content (AvgIpc) is 3.23. The largest absolute Gasteiger partial charge is 0.264 e. The third-order valence-corrected chi connectivity index (χ3v) is 6.30. The van der Waals surface area contributed by atoms with Crippen LogP contribution in [0, 0.1) is 6.92 Å². The van der Waals surface area contributed by atoms with E-state index >= 15 is 0 Å². The summed E-state index contributed by atoms with van der Waals surface area (Å²) in [6.07, 6.45) is 5.03. The number of aryl methyl sites for hydroxylation is 1. The molecule has 1 aliphatic rings. The first-order chi connectivity index (χ1) is 9.56. The zero-order valence-electron chi connectivity index (χ0n) is 11.0. The van der Waals surface area contributed by atoms with Crippen LogP contribution >= 0.6 is 11.3 Å². The van der Waals surface area contributed by atoms with E-state index < -0.39 is 10.0 Å². The maximum Gasteiger partial charge on any atom is 0.214 e. The van der Waals surface area contributed by atoms with E-state index in [1.165, 1.54) is 11.3 Å². The van der Waals surface area contributed by atoms with Crippen molar-refractivity contribution in [2.75, 3.05) is 0 Å². The zero-order chi connectivity index (χ0) is 14.2. The van der Waals surface area contributed by atoms with Gasteiger partial charge in [0.05, 0.1) is 10.9 Å². The smallest absolute Gasteiger partial charge is 0.214 e. The van der Waals surface area contributed by atoms with Crippen molar-refractivity contribution in [1.82, 2.24) is 14.7 Å². The Morgan fingerprint density at radius 3 is 2.90 bits per heavy atom. The summed E-state index contributed by atoms with van der Waals surface area (Å²) in [7, 11) is -3.14. The van der Waals surface area contributed by atoms with Crippen molar-refractivity contribution in [1.29, 1.82) is 0 Å². The van der Waals surface area contributed by atoms with Crippen LogP contribution in [0.5, 0.6) is 0 Å². The standard InChI is InChI=1S/C13H15N3O2S2/c1-9-12(8-15-20(17,18)11-4-5-11)19-13(16-9)10-3-2-6-14-7-10/h2-3,6-7,11,15H,4-5,8H2,1H3. The van der Waals surface area contributed by atoms with Crippen molar-refractivity contribution in [3.63, 3.8) is 0 Å². The number of hydrogen-bond acceptors (Lipinski definition) is 5. The van der Waals surface area contributed by atoms with Crippen LogP contribution in [-0.4, -0.2) is 23.6 Å². The molecule has 1 fully saturated rings. The second kappa shape index (κ2) is 5.23. The monoisotopic (exact) mass is 309 g/mol. The van der Waals surface area contributed by atoms with Crippen LogP contribution in [0.3, 0.4) is 0 Å². The molecule has 0 spiro atoms. The van der Waals surface area contributed by atoms with Crippen LogP contribution in [0.2, 0.25) is 0 Å². The molecule has 0 aliphatic heterocycles. The molecule has 106 valence electrons. The van der Waals surface area contributed by atoms with Crippen LogP contribution in [0.25, 0.3) is 10.6 Å². The number of aromatic nitrogens is 2. The highest BCUT2D eigenvalue weighted by Crippen LogP contribution is 2.29. The Kier molecular flexibility index (Phi) is 3.57. The Balaban J connectivity index is 1.76. The maximum atomic E-state index is 11.8. The number of sulfonamides is 1. The highest BCUT2D eigenvalue weighted by atomic mass is 32.2. The molecule has 0 radical (unpaired) electrons. The third kappa shape index (κ3) is 2.89. The van der Waals surface area contributed by atoms with Gasteiger partial charge in [0.15, 0.2) is 0 Å². The van der Waals surface area contributed by atoms with Crippen molar-refractivity contribution in [3.05, 3.63) is 35.1 Å². The maximum absolute atomic E-state index is 11.8. The third-order valence-electron chi connectivity index (χ3n) is 3.20. The molecular weight excluding hydrogens is 294 g/mol. The molecule has 0 atom stereocenters. The van der Waals surface area contributed by atoms with E-state index in [9.17, 15) is 8.42 Å². The predicted octanol–water partition coefficient (Wildman–Crippen LogP) is 2.10. The van der Waals surface area contributed by atoms with E-state index in [0.717, 1.165) is 34.0 Å². The fraction of sp³-hybridized carbons (Fsp3) is 0.385. The van der Waals surface area contributed by atoms with E-state index in [4.69, 9.17) is 0 Å². The van der Waals surface area contributed by atoms with Gasteiger partial charge in [0, 0.05) is 29.4 Å². The summed E-state index contributed by atoms with van der Waals surface area (Å²) in [6.45, 7) is 2.22. The molecule has 3 rings (SSSR count). The van der Waals surface area contributed by atoms with E-state index in [0.29, 0.717) is 6.54 Å². The van der Waals surface area contributed by atoms with Gasteiger partial charge in [0.2, 0.25) is 10.0 Å². The SMILES string of the molecule is Cc1nc(-c2cccnc2)sc1CNS(=O)(=O)C1CC1. The van der Waals surface area contributed by atoms with E-state index in [1.807, 2.05) is 19.1 Å². The van der Waals surface area contributed by atoms with Gasteiger partial charge >= 0.3 is 0 Å². The van der Waals surface area contributed by atoms with Crippen LogP contribution < -0.4 is 4.72 Å². The Hall–Kier alpha value is -1.31. The second-order valence-electron chi connectivity index (χ2n) is 4.83. The minimum absolute atomic E-state index is 0.187. The van der Waals surface area contributed by atoms with Gasteiger partial charge in [-0.1, -0.05) is 0 Å². The van der Waals surface area contributed by atoms with Crippen molar-refractivity contribution in [2.45, 2.75) is 31.6 Å². The predicted molar refractivity (Wildman–Crippen MR) is 78.9 cm³/mol. The topological polar surface area (TPSA) is 72.0 Å². The van der Waals surface area contributed by atoms with Gasteiger partial charge in [0.25, 0.3) is 0 Å². The van der Waals surface area contributed by atoms with Crippen LogP contribution in [-0.2, 0) is 16.6 Å². The number of pyridine rings is 1. The van der Waals surface area contributed by atoms with Gasteiger partial charge in [-0.15, -0.1) is 11.3 Å². The lowest BCUT2D eigenvalue weighted by Crippen LogP contribution is -2.26. The first kappa shape index (κ1) is 13.7. The molecule has 2 heterocycles. The van der Waals surface area contributed by atoms with E-state index in [-0.39, 0.29) is 5.25 Å². The second-order valence-corrected chi connectivity index (χ2v) is 7.96. The van der Waals surface area contributed by atoms with E-state index in [2.05, 4.69) is 14.7 Å². The normalized spacial score (nSPS) is 15.4. The van der Waals surface area contributed by atoms with Crippen LogP contribution in [0.4, 0.5) is 0 Å². The van der Waals surface area contributed by atoms with Crippen molar-refractivity contribution < 1.29 is 8.42 Å². The highest BCUT2D eigenvalue weighted by Gasteiger charge is 2.35. The molecular formula is C13H15N3O2S2. The molecule has 1 N–H and O–H groups in total. The molecule has 0 amide bonds. The molecule has 5 nitrogen and oxygen atoms in total. The van der Waals surface area contributed by atoms with Crippen molar-refractivity contribution in [2.24, 2.45) is 0 Å². The lowest BCUT2D eigenvalue weighted by molar-refractivity contribution is 0.580. The minimum Gasteiger partial charge on any atom is -0.264 e. The molecule has 7 heteroatoms. The molecule has 0 saturated heterocycles. The molecule has 2 aromatic rings. The molecule has 20 heavy (non-hydrogen) atoms. The van der Waals surface area contributed by atoms with E-state index in [1.54, 1.807) is 12.4 Å². The summed E-state index contributed by atoms with van der Waals surface area (Å²) in [5, 5.41) is 0.685. The van der Waals surface area contributed by atoms with Gasteiger partial charge in [-0.2, -0.15) is 0 Å². The lowest BCUT2D eigenvalue weighted by atomic mass is 10.3. The molecule has 0 aromatic carbocycles. The molecule has 2 aromatic heterocycles. The zero-order valence-corrected chi connectivity index (χ0v) is 12.7. The number of hydrogen-bond donors (Lipinski definition) is 1. The van der Waals surface area contributed by atoms with Gasteiger partial charge in [-0.25, -0.2) is 18.1 Å². The summed E-state index contributed by atoms with van der Waals surface area (Å²) in [6, 6.07) is 3.81. The minimum atomic E-state index is -3.14. The summed E-state index contributed by atoms with van der Waals surface area (Å²) >= 11 is 1.51. The van der Waals surface area contributed by atoms with Gasteiger partial charge < -0.3 is 0 Å². The molecule has 1 saturated carbocycles. The highest BCUT2D eigenvalue weighted by molar-refractivity contribution is 7.90. The fourth-order valence-electron chi connectivity index (χ4n) is 1.87. The lowest BCUT2D eigenvalue weighted by Gasteiger charge is -2.03. The van der Waals surface area contributed by atoms with Gasteiger partial charge in [0.1, 0.15) is 5.01 Å². The number of nitrogens with zero attached hydrogens (tertiary/aromatic N) is 2. The summed E-state index contributed by atoms with van der Waals surface area (Å²) in [4.78, 5) is 9.51. The molecule has 1 aliphatic carbocycles. The van der Waals surface area contributed by atoms with Crippen molar-refractivity contribution >= 4 is 21.4 Å². The van der Waals surface area contributed by atoms with Crippen molar-refractivity contribution in [3.8, 4) is 10.6 Å². The summed E-state index contributed by atoms with van der Waals surface area (Å²) < 4.78 is 26.3. The Labute approximate surface area is 122 Å². The first-order valence-electron chi connectivity index (χ1n) is 6.41. The number of thiazole rings is 1. The van der Waals surface area contributed by atoms with Crippen LogP contribution in [0.1, 0.15) is 23.4 Å². The van der Waals surface area contributed by atoms with Gasteiger partial charge in [-0.05, 0) is 31.9 Å². The fourth-order valence-corrected chi connectivity index (χ4v) is 4.29. The Bertz CT molecular complexity index is 706. The van der Waals surface area contributed by atoms with Gasteiger partial charge in [-0.3, -0.25) is 4.98 Å².